The lowest BCUT2D eigenvalue weighted by atomic mass is 9.64. The minimum atomic E-state index is -0.299. The van der Waals surface area contributed by atoms with Crippen LogP contribution in [0, 0.1) is 10.8 Å². The van der Waals surface area contributed by atoms with Crippen LogP contribution in [0.15, 0.2) is 0 Å². The molecule has 19 heavy (non-hydrogen) atoms. The highest BCUT2D eigenvalue weighted by Crippen LogP contribution is 2.44. The van der Waals surface area contributed by atoms with E-state index < -0.39 is 0 Å². The van der Waals surface area contributed by atoms with Gasteiger partial charge < -0.3 is 15.8 Å². The summed E-state index contributed by atoms with van der Waals surface area (Å²) in [5.74, 6) is 0.167. The number of nitrogens with two attached hydrogens (primary N) is 1. The molecule has 2 rings (SSSR count). The highest BCUT2D eigenvalue weighted by molar-refractivity contribution is 5.83. The van der Waals surface area contributed by atoms with Gasteiger partial charge in [0.15, 0.2) is 0 Å². The number of hydrogen-bond donors (Lipinski definition) is 2. The lowest BCUT2D eigenvalue weighted by Crippen LogP contribution is -2.64. The molecule has 0 heterocycles. The summed E-state index contributed by atoms with van der Waals surface area (Å²) in [6, 6.07) is 0.223. The standard InChI is InChI=1S/C15H28N2O2/c1-4-19-12-9-11(14(12,2)3)17-13(18)15(10-16)7-5-6-8-15/h11-12H,4-10,16H2,1-3H3,(H,17,18). The molecule has 4 nitrogen and oxygen atoms in total. The third-order valence-electron chi connectivity index (χ3n) is 5.28. The minimum Gasteiger partial charge on any atom is -0.378 e. The first kappa shape index (κ1) is 14.8. The van der Waals surface area contributed by atoms with Gasteiger partial charge in [0.1, 0.15) is 0 Å². The predicted octanol–water partition coefficient (Wildman–Crippen LogP) is 1.83. The van der Waals surface area contributed by atoms with Gasteiger partial charge in [-0.3, -0.25) is 4.79 Å². The number of ether oxygens (including phenoxy) is 1. The molecule has 0 saturated heterocycles. The van der Waals surface area contributed by atoms with E-state index in [0.29, 0.717) is 6.54 Å². The normalized spacial score (nSPS) is 31.8. The van der Waals surface area contributed by atoms with Crippen LogP contribution in [-0.4, -0.2) is 31.2 Å². The highest BCUT2D eigenvalue weighted by atomic mass is 16.5. The van der Waals surface area contributed by atoms with E-state index in [0.717, 1.165) is 38.7 Å². The number of rotatable bonds is 5. The van der Waals surface area contributed by atoms with E-state index in [9.17, 15) is 4.79 Å². The van der Waals surface area contributed by atoms with Crippen molar-refractivity contribution < 1.29 is 9.53 Å². The van der Waals surface area contributed by atoms with Crippen molar-refractivity contribution >= 4 is 5.91 Å². The maximum Gasteiger partial charge on any atom is 0.227 e. The maximum absolute atomic E-state index is 12.5. The van der Waals surface area contributed by atoms with Crippen molar-refractivity contribution in [1.29, 1.82) is 0 Å². The zero-order valence-corrected chi connectivity index (χ0v) is 12.5. The number of carbonyl (C=O) groups is 1. The average Bonchev–Trinajstić information content (AvgIpc) is 2.87. The van der Waals surface area contributed by atoms with Crippen molar-refractivity contribution in [3.63, 3.8) is 0 Å². The van der Waals surface area contributed by atoms with Crippen molar-refractivity contribution in [3.05, 3.63) is 0 Å². The molecule has 2 fully saturated rings. The van der Waals surface area contributed by atoms with Crippen LogP contribution < -0.4 is 11.1 Å². The van der Waals surface area contributed by atoms with Crippen molar-refractivity contribution in [3.8, 4) is 0 Å². The van der Waals surface area contributed by atoms with Crippen molar-refractivity contribution in [1.82, 2.24) is 5.32 Å². The molecule has 0 radical (unpaired) electrons. The van der Waals surface area contributed by atoms with Gasteiger partial charge in [0.2, 0.25) is 5.91 Å². The summed E-state index contributed by atoms with van der Waals surface area (Å²) in [5, 5.41) is 3.23. The fraction of sp³-hybridized carbons (Fsp3) is 0.933. The summed E-state index contributed by atoms with van der Waals surface area (Å²) in [5.41, 5.74) is 5.59. The first-order valence-corrected chi connectivity index (χ1v) is 7.59. The van der Waals surface area contributed by atoms with Gasteiger partial charge in [-0.2, -0.15) is 0 Å². The molecular weight excluding hydrogens is 240 g/mol. The SMILES string of the molecule is CCOC1CC(NC(=O)C2(CN)CCCC2)C1(C)C. The molecule has 0 aromatic carbocycles. The zero-order valence-electron chi connectivity index (χ0n) is 12.5. The van der Waals surface area contributed by atoms with E-state index in [4.69, 9.17) is 10.5 Å². The Hall–Kier alpha value is -0.610. The Morgan fingerprint density at radius 1 is 1.37 bits per heavy atom. The van der Waals surface area contributed by atoms with Crippen LogP contribution in [0.3, 0.4) is 0 Å². The highest BCUT2D eigenvalue weighted by Gasteiger charge is 2.51. The third kappa shape index (κ3) is 2.52. The van der Waals surface area contributed by atoms with Crippen molar-refractivity contribution in [2.75, 3.05) is 13.2 Å². The predicted molar refractivity (Wildman–Crippen MR) is 75.7 cm³/mol. The number of carbonyl (C=O) groups excluding carboxylic acids is 1. The van der Waals surface area contributed by atoms with Crippen LogP contribution in [0.5, 0.6) is 0 Å². The van der Waals surface area contributed by atoms with Crippen LogP contribution in [-0.2, 0) is 9.53 Å². The van der Waals surface area contributed by atoms with Gasteiger partial charge in [-0.25, -0.2) is 0 Å². The molecule has 110 valence electrons. The van der Waals surface area contributed by atoms with E-state index in [2.05, 4.69) is 19.2 Å². The largest absolute Gasteiger partial charge is 0.378 e. The van der Waals surface area contributed by atoms with Gasteiger partial charge >= 0.3 is 0 Å². The molecule has 2 atom stereocenters. The van der Waals surface area contributed by atoms with Crippen LogP contribution in [0.25, 0.3) is 0 Å². The molecule has 0 bridgehead atoms. The number of amides is 1. The Morgan fingerprint density at radius 3 is 2.47 bits per heavy atom. The molecule has 2 saturated carbocycles. The van der Waals surface area contributed by atoms with Gasteiger partial charge in [0.05, 0.1) is 11.5 Å². The first-order valence-electron chi connectivity index (χ1n) is 7.59. The molecule has 2 aliphatic carbocycles. The van der Waals surface area contributed by atoms with E-state index in [1.165, 1.54) is 0 Å². The van der Waals surface area contributed by atoms with E-state index in [1.807, 2.05) is 6.92 Å². The summed E-state index contributed by atoms with van der Waals surface area (Å²) in [6.45, 7) is 7.57. The zero-order chi connectivity index (χ0) is 14.1. The first-order chi connectivity index (χ1) is 8.96. The van der Waals surface area contributed by atoms with Crippen LogP contribution in [0.1, 0.15) is 52.9 Å². The lowest BCUT2D eigenvalue weighted by molar-refractivity contribution is -0.144. The summed E-state index contributed by atoms with van der Waals surface area (Å²) in [6.07, 6.45) is 5.32. The Morgan fingerprint density at radius 2 is 2.00 bits per heavy atom. The van der Waals surface area contributed by atoms with E-state index >= 15 is 0 Å². The van der Waals surface area contributed by atoms with Gasteiger partial charge in [0.25, 0.3) is 0 Å². The maximum atomic E-state index is 12.5. The topological polar surface area (TPSA) is 64.3 Å². The fourth-order valence-electron chi connectivity index (χ4n) is 3.50. The van der Waals surface area contributed by atoms with Crippen LogP contribution >= 0.6 is 0 Å². The molecule has 0 aromatic heterocycles. The molecular formula is C15H28N2O2. The summed E-state index contributed by atoms with van der Waals surface area (Å²) in [4.78, 5) is 12.5. The average molecular weight is 268 g/mol. The Bertz CT molecular complexity index is 335. The summed E-state index contributed by atoms with van der Waals surface area (Å²) in [7, 11) is 0. The van der Waals surface area contributed by atoms with Crippen molar-refractivity contribution in [2.45, 2.75) is 65.0 Å². The smallest absolute Gasteiger partial charge is 0.227 e. The molecule has 1 amide bonds. The van der Waals surface area contributed by atoms with Crippen molar-refractivity contribution in [2.24, 2.45) is 16.6 Å². The molecule has 0 aromatic rings. The lowest BCUT2D eigenvalue weighted by Gasteiger charge is -2.52. The van der Waals surface area contributed by atoms with Gasteiger partial charge in [-0.1, -0.05) is 26.7 Å². The quantitative estimate of drug-likeness (QED) is 0.799. The second-order valence-corrected chi connectivity index (χ2v) is 6.72. The molecule has 4 heteroatoms. The van der Waals surface area contributed by atoms with Gasteiger partial charge in [-0.05, 0) is 26.2 Å². The van der Waals surface area contributed by atoms with Gasteiger partial charge in [-0.15, -0.1) is 0 Å². The number of nitrogens with one attached hydrogen (secondary N) is 1. The van der Waals surface area contributed by atoms with Crippen LogP contribution in [0.4, 0.5) is 0 Å². The molecule has 3 N–H and O–H groups in total. The fourth-order valence-corrected chi connectivity index (χ4v) is 3.50. The monoisotopic (exact) mass is 268 g/mol. The van der Waals surface area contributed by atoms with Gasteiger partial charge in [0, 0.05) is 24.6 Å². The Kier molecular flexibility index (Phi) is 4.21. The Labute approximate surface area is 116 Å². The van der Waals surface area contributed by atoms with E-state index in [1.54, 1.807) is 0 Å². The van der Waals surface area contributed by atoms with Crippen LogP contribution in [0.2, 0.25) is 0 Å². The molecule has 2 aliphatic rings. The molecule has 0 spiro atoms. The summed E-state index contributed by atoms with van der Waals surface area (Å²) >= 11 is 0. The van der Waals surface area contributed by atoms with E-state index in [-0.39, 0.29) is 28.9 Å². The Balaban J connectivity index is 1.93. The second kappa shape index (κ2) is 5.41. The second-order valence-electron chi connectivity index (χ2n) is 6.72. The molecule has 2 unspecified atom stereocenters. The third-order valence-corrected chi connectivity index (χ3v) is 5.28. The summed E-state index contributed by atoms with van der Waals surface area (Å²) < 4.78 is 5.71. The number of hydrogen-bond acceptors (Lipinski definition) is 3. The molecule has 0 aliphatic heterocycles. The minimum absolute atomic E-state index is 0.0278.